The summed E-state index contributed by atoms with van der Waals surface area (Å²) in [6.45, 7) is 8.43. The van der Waals surface area contributed by atoms with Gasteiger partial charge in [-0.25, -0.2) is 15.0 Å². The highest BCUT2D eigenvalue weighted by molar-refractivity contribution is 6.31. The first-order chi connectivity index (χ1) is 13.3. The zero-order chi connectivity index (χ0) is 20.4. The number of aromatic nitrogens is 4. The average molecular weight is 403 g/mol. The summed E-state index contributed by atoms with van der Waals surface area (Å²) < 4.78 is 2.02. The number of nitrogens with zero attached hydrogens (tertiary/aromatic N) is 4. The zero-order valence-corrected chi connectivity index (χ0v) is 17.4. The maximum atomic E-state index is 9.72. The molecule has 28 heavy (non-hydrogen) atoms. The first kappa shape index (κ1) is 20.4. The van der Waals surface area contributed by atoms with E-state index in [1.54, 1.807) is 24.5 Å². The number of aliphatic hydroxyl groups is 1. The van der Waals surface area contributed by atoms with Gasteiger partial charge in [0.1, 0.15) is 5.82 Å². The van der Waals surface area contributed by atoms with Crippen LogP contribution in [0.5, 0.6) is 0 Å². The van der Waals surface area contributed by atoms with Gasteiger partial charge < -0.3 is 20.7 Å². The van der Waals surface area contributed by atoms with Crippen molar-refractivity contribution in [1.29, 1.82) is 0 Å². The minimum absolute atomic E-state index is 0.0857. The van der Waals surface area contributed by atoms with Crippen molar-refractivity contribution in [3.63, 3.8) is 0 Å². The Hall–Kier alpha value is -2.38. The van der Waals surface area contributed by atoms with E-state index in [9.17, 15) is 5.11 Å². The van der Waals surface area contributed by atoms with E-state index in [1.165, 1.54) is 0 Å². The number of rotatable bonds is 7. The van der Waals surface area contributed by atoms with Gasteiger partial charge in [0.15, 0.2) is 17.0 Å². The molecule has 2 aromatic heterocycles. The summed E-state index contributed by atoms with van der Waals surface area (Å²) in [5.41, 5.74) is 8.65. The standard InChI is InChI=1S/C20H27ClN6O/c1-11(2)13(9-28)5-17-25-19(24-16-7-14(21)6-15(22)8-16)18-20(26-17)27(10-23-18)12(3)4/h6-8,10-13,28H,5,9,22H2,1-4H3,(H,24,25,26)/t13-/m0/s1. The fourth-order valence-corrected chi connectivity index (χ4v) is 3.33. The molecule has 2 heterocycles. The SMILES string of the molecule is CC(C)[C@H](CO)Cc1nc(Nc2cc(N)cc(Cl)c2)c2ncn(C(C)C)c2n1. The molecule has 0 radical (unpaired) electrons. The molecular weight excluding hydrogens is 376 g/mol. The molecule has 0 saturated heterocycles. The maximum absolute atomic E-state index is 9.72. The van der Waals surface area contributed by atoms with Crippen molar-refractivity contribution < 1.29 is 5.11 Å². The Kier molecular flexibility index (Phi) is 6.05. The summed E-state index contributed by atoms with van der Waals surface area (Å²) in [7, 11) is 0. The number of halogens is 1. The van der Waals surface area contributed by atoms with E-state index >= 15 is 0 Å². The van der Waals surface area contributed by atoms with Crippen molar-refractivity contribution in [2.45, 2.75) is 40.2 Å². The summed E-state index contributed by atoms with van der Waals surface area (Å²) >= 11 is 6.13. The molecule has 1 atom stereocenters. The third kappa shape index (κ3) is 4.36. The van der Waals surface area contributed by atoms with Crippen LogP contribution in [0.3, 0.4) is 0 Å². The van der Waals surface area contributed by atoms with Gasteiger partial charge in [0, 0.05) is 35.5 Å². The van der Waals surface area contributed by atoms with E-state index in [-0.39, 0.29) is 18.6 Å². The zero-order valence-electron chi connectivity index (χ0n) is 16.6. The number of hydrogen-bond donors (Lipinski definition) is 3. The Morgan fingerprint density at radius 2 is 1.93 bits per heavy atom. The van der Waals surface area contributed by atoms with Crippen LogP contribution in [0.1, 0.15) is 39.6 Å². The van der Waals surface area contributed by atoms with Crippen molar-refractivity contribution in [3.05, 3.63) is 35.4 Å². The average Bonchev–Trinajstić information content (AvgIpc) is 3.03. The molecular formula is C20H27ClN6O. The second kappa shape index (κ2) is 8.32. The van der Waals surface area contributed by atoms with Crippen LogP contribution in [0.15, 0.2) is 24.5 Å². The molecule has 8 heteroatoms. The lowest BCUT2D eigenvalue weighted by molar-refractivity contribution is 0.187. The molecule has 0 unspecified atom stereocenters. The fourth-order valence-electron chi connectivity index (χ4n) is 3.08. The van der Waals surface area contributed by atoms with Crippen molar-refractivity contribution in [2.75, 3.05) is 17.7 Å². The van der Waals surface area contributed by atoms with Crippen LogP contribution < -0.4 is 11.1 Å². The Labute approximate surface area is 170 Å². The van der Waals surface area contributed by atoms with Crippen LogP contribution in [0.4, 0.5) is 17.2 Å². The monoisotopic (exact) mass is 402 g/mol. The lowest BCUT2D eigenvalue weighted by atomic mass is 9.93. The van der Waals surface area contributed by atoms with E-state index in [1.807, 2.05) is 4.57 Å². The van der Waals surface area contributed by atoms with Crippen molar-refractivity contribution >= 4 is 40.0 Å². The third-order valence-corrected chi connectivity index (χ3v) is 5.05. The van der Waals surface area contributed by atoms with Gasteiger partial charge in [-0.15, -0.1) is 0 Å². The van der Waals surface area contributed by atoms with E-state index in [0.29, 0.717) is 40.2 Å². The minimum Gasteiger partial charge on any atom is -0.399 e. The molecule has 0 aliphatic rings. The minimum atomic E-state index is 0.0857. The molecule has 0 aliphatic heterocycles. The van der Waals surface area contributed by atoms with Crippen LogP contribution in [-0.4, -0.2) is 31.2 Å². The topological polar surface area (TPSA) is 102 Å². The van der Waals surface area contributed by atoms with Crippen LogP contribution in [0, 0.1) is 11.8 Å². The number of nitrogens with two attached hydrogens (primary N) is 1. The number of hydrogen-bond acceptors (Lipinski definition) is 6. The molecule has 0 fully saturated rings. The van der Waals surface area contributed by atoms with Crippen molar-refractivity contribution in [2.24, 2.45) is 11.8 Å². The summed E-state index contributed by atoms with van der Waals surface area (Å²) in [5.74, 6) is 1.67. The van der Waals surface area contributed by atoms with E-state index in [4.69, 9.17) is 27.3 Å². The van der Waals surface area contributed by atoms with Gasteiger partial charge in [-0.05, 0) is 43.9 Å². The molecule has 7 nitrogen and oxygen atoms in total. The van der Waals surface area contributed by atoms with Gasteiger partial charge in [-0.3, -0.25) is 0 Å². The predicted octanol–water partition coefficient (Wildman–Crippen LogP) is 4.19. The smallest absolute Gasteiger partial charge is 0.166 e. The number of nitrogen functional groups attached to an aromatic ring is 1. The number of fused-ring (bicyclic) bond motifs is 1. The lowest BCUT2D eigenvalue weighted by Gasteiger charge is -2.18. The first-order valence-electron chi connectivity index (χ1n) is 9.45. The summed E-state index contributed by atoms with van der Waals surface area (Å²) in [5, 5.41) is 13.6. The molecule has 0 saturated carbocycles. The maximum Gasteiger partial charge on any atom is 0.166 e. The second-order valence-electron chi connectivity index (χ2n) is 7.70. The molecule has 0 amide bonds. The van der Waals surface area contributed by atoms with E-state index in [0.717, 1.165) is 11.3 Å². The molecule has 0 spiro atoms. The molecule has 1 aromatic carbocycles. The largest absolute Gasteiger partial charge is 0.399 e. The highest BCUT2D eigenvalue weighted by Gasteiger charge is 2.19. The number of aliphatic hydroxyl groups excluding tert-OH is 1. The summed E-state index contributed by atoms with van der Waals surface area (Å²) in [6, 6.07) is 5.48. The van der Waals surface area contributed by atoms with Gasteiger partial charge in [0.2, 0.25) is 0 Å². The Morgan fingerprint density at radius 1 is 1.18 bits per heavy atom. The number of imidazole rings is 1. The quantitative estimate of drug-likeness (QED) is 0.512. The van der Waals surface area contributed by atoms with Gasteiger partial charge in [0.05, 0.1) is 6.33 Å². The summed E-state index contributed by atoms with van der Waals surface area (Å²) in [4.78, 5) is 14.0. The summed E-state index contributed by atoms with van der Waals surface area (Å²) in [6.07, 6.45) is 2.36. The van der Waals surface area contributed by atoms with Crippen LogP contribution in [0.2, 0.25) is 5.02 Å². The van der Waals surface area contributed by atoms with Crippen molar-refractivity contribution in [1.82, 2.24) is 19.5 Å². The fraction of sp³-hybridized carbons (Fsp3) is 0.450. The molecule has 0 aliphatic carbocycles. The highest BCUT2D eigenvalue weighted by atomic mass is 35.5. The van der Waals surface area contributed by atoms with Gasteiger partial charge in [0.25, 0.3) is 0 Å². The molecule has 0 bridgehead atoms. The lowest BCUT2D eigenvalue weighted by Crippen LogP contribution is -2.18. The van der Waals surface area contributed by atoms with Gasteiger partial charge in [-0.2, -0.15) is 0 Å². The van der Waals surface area contributed by atoms with Gasteiger partial charge in [-0.1, -0.05) is 25.4 Å². The van der Waals surface area contributed by atoms with Crippen LogP contribution in [-0.2, 0) is 6.42 Å². The Morgan fingerprint density at radius 3 is 2.54 bits per heavy atom. The van der Waals surface area contributed by atoms with Crippen LogP contribution >= 0.6 is 11.6 Å². The highest BCUT2D eigenvalue weighted by Crippen LogP contribution is 2.28. The second-order valence-corrected chi connectivity index (χ2v) is 8.13. The van der Waals surface area contributed by atoms with Crippen LogP contribution in [0.25, 0.3) is 11.2 Å². The number of nitrogens with one attached hydrogen (secondary N) is 1. The van der Waals surface area contributed by atoms with E-state index < -0.39 is 0 Å². The number of anilines is 3. The molecule has 150 valence electrons. The Bertz CT molecular complexity index is 948. The van der Waals surface area contributed by atoms with Gasteiger partial charge >= 0.3 is 0 Å². The van der Waals surface area contributed by atoms with Crippen molar-refractivity contribution in [3.8, 4) is 0 Å². The predicted molar refractivity (Wildman–Crippen MR) is 114 cm³/mol. The molecule has 4 N–H and O–H groups in total. The van der Waals surface area contributed by atoms with E-state index in [2.05, 4.69) is 38.0 Å². The Balaban J connectivity index is 2.08. The third-order valence-electron chi connectivity index (χ3n) is 4.83. The number of benzene rings is 1. The molecule has 3 aromatic rings. The normalized spacial score (nSPS) is 12.9. The molecule has 3 rings (SSSR count). The first-order valence-corrected chi connectivity index (χ1v) is 9.83.